The fraction of sp³-hybridized carbons (Fsp3) is 0.278. The second kappa shape index (κ2) is 8.62. The largest absolute Gasteiger partial charge is 0.497 e. The fourth-order valence-electron chi connectivity index (χ4n) is 2.27. The average Bonchev–Trinajstić information content (AvgIpc) is 2.61. The number of halogens is 1. The first-order chi connectivity index (χ1) is 12.0. The van der Waals surface area contributed by atoms with Crippen LogP contribution < -0.4 is 24.3 Å². The van der Waals surface area contributed by atoms with Crippen LogP contribution in [0.1, 0.15) is 17.3 Å². The van der Waals surface area contributed by atoms with E-state index in [0.717, 1.165) is 0 Å². The highest BCUT2D eigenvalue weighted by Crippen LogP contribution is 2.37. The highest BCUT2D eigenvalue weighted by Gasteiger charge is 2.17. The monoisotopic (exact) mass is 409 g/mol. The van der Waals surface area contributed by atoms with Gasteiger partial charge in [0.05, 0.1) is 38.1 Å². The summed E-state index contributed by atoms with van der Waals surface area (Å²) in [6.07, 6.45) is 0. The molecular formula is C18H20BrNO5. The lowest BCUT2D eigenvalue weighted by Crippen LogP contribution is -2.13. The van der Waals surface area contributed by atoms with E-state index >= 15 is 0 Å². The summed E-state index contributed by atoms with van der Waals surface area (Å²) in [5, 5.41) is 2.83. The number of ether oxygens (including phenoxy) is 4. The molecule has 1 amide bonds. The number of anilines is 1. The summed E-state index contributed by atoms with van der Waals surface area (Å²) in [6.45, 7) is 2.32. The van der Waals surface area contributed by atoms with Gasteiger partial charge in [0.25, 0.3) is 5.91 Å². The van der Waals surface area contributed by atoms with Gasteiger partial charge in [-0.3, -0.25) is 4.79 Å². The molecule has 0 heterocycles. The van der Waals surface area contributed by atoms with E-state index in [4.69, 9.17) is 18.9 Å². The smallest absolute Gasteiger partial charge is 0.255 e. The summed E-state index contributed by atoms with van der Waals surface area (Å²) in [5.41, 5.74) is 0.928. The Bertz CT molecular complexity index is 763. The lowest BCUT2D eigenvalue weighted by atomic mass is 10.1. The SMILES string of the molecule is CCOc1cc(C(=O)Nc2cc(OC)ccc2OC)cc(Br)c1OC. The van der Waals surface area contributed by atoms with E-state index in [1.54, 1.807) is 44.6 Å². The van der Waals surface area contributed by atoms with Crippen LogP contribution in [0.4, 0.5) is 5.69 Å². The molecule has 0 unspecified atom stereocenters. The molecule has 134 valence electrons. The molecule has 25 heavy (non-hydrogen) atoms. The minimum atomic E-state index is -0.309. The third-order valence-electron chi connectivity index (χ3n) is 3.43. The number of nitrogens with one attached hydrogen (secondary N) is 1. The van der Waals surface area contributed by atoms with Crippen LogP contribution in [-0.4, -0.2) is 33.8 Å². The molecule has 2 aromatic rings. The first kappa shape index (κ1) is 18.9. The standard InChI is InChI=1S/C18H20BrNO5/c1-5-25-16-9-11(8-13(19)17(16)24-4)18(21)20-14-10-12(22-2)6-7-15(14)23-3/h6-10H,5H2,1-4H3,(H,20,21). The van der Waals surface area contributed by atoms with Crippen LogP contribution in [0.25, 0.3) is 0 Å². The van der Waals surface area contributed by atoms with Gasteiger partial charge in [-0.05, 0) is 47.1 Å². The van der Waals surface area contributed by atoms with Gasteiger partial charge in [0, 0.05) is 11.6 Å². The Labute approximate surface area is 155 Å². The average molecular weight is 410 g/mol. The van der Waals surface area contributed by atoms with E-state index in [0.29, 0.717) is 45.3 Å². The Balaban J connectivity index is 2.35. The molecule has 0 aliphatic rings. The molecule has 7 heteroatoms. The number of carbonyl (C=O) groups excluding carboxylic acids is 1. The van der Waals surface area contributed by atoms with Gasteiger partial charge in [0.15, 0.2) is 11.5 Å². The number of methoxy groups -OCH3 is 3. The molecule has 0 bridgehead atoms. The van der Waals surface area contributed by atoms with Gasteiger partial charge in [-0.2, -0.15) is 0 Å². The topological polar surface area (TPSA) is 66.0 Å². The van der Waals surface area contributed by atoms with Crippen molar-refractivity contribution in [1.29, 1.82) is 0 Å². The van der Waals surface area contributed by atoms with Crippen LogP contribution >= 0.6 is 15.9 Å². The van der Waals surface area contributed by atoms with E-state index in [9.17, 15) is 4.79 Å². The van der Waals surface area contributed by atoms with Crippen LogP contribution in [0.5, 0.6) is 23.0 Å². The van der Waals surface area contributed by atoms with Crippen molar-refractivity contribution in [2.45, 2.75) is 6.92 Å². The fourth-order valence-corrected chi connectivity index (χ4v) is 2.87. The summed E-state index contributed by atoms with van der Waals surface area (Å²) < 4.78 is 22.0. The molecule has 0 aromatic heterocycles. The van der Waals surface area contributed by atoms with Crippen molar-refractivity contribution in [1.82, 2.24) is 0 Å². The Kier molecular flexibility index (Phi) is 6.52. The highest BCUT2D eigenvalue weighted by molar-refractivity contribution is 9.10. The van der Waals surface area contributed by atoms with E-state index in [2.05, 4.69) is 21.2 Å². The maximum absolute atomic E-state index is 12.7. The number of benzene rings is 2. The predicted octanol–water partition coefficient (Wildman–Crippen LogP) is 4.13. The molecule has 0 radical (unpaired) electrons. The molecule has 0 atom stereocenters. The zero-order valence-electron chi connectivity index (χ0n) is 14.5. The molecule has 2 aromatic carbocycles. The van der Waals surface area contributed by atoms with Crippen molar-refractivity contribution in [2.24, 2.45) is 0 Å². The summed E-state index contributed by atoms with van der Waals surface area (Å²) in [4.78, 5) is 12.7. The van der Waals surface area contributed by atoms with E-state index in [1.807, 2.05) is 6.92 Å². The van der Waals surface area contributed by atoms with Crippen molar-refractivity contribution in [3.63, 3.8) is 0 Å². The first-order valence-electron chi connectivity index (χ1n) is 7.57. The van der Waals surface area contributed by atoms with Crippen molar-refractivity contribution >= 4 is 27.5 Å². The Morgan fingerprint density at radius 3 is 2.40 bits per heavy atom. The van der Waals surface area contributed by atoms with E-state index in [-0.39, 0.29) is 5.91 Å². The molecule has 1 N–H and O–H groups in total. The van der Waals surface area contributed by atoms with Gasteiger partial charge < -0.3 is 24.3 Å². The Morgan fingerprint density at radius 2 is 1.80 bits per heavy atom. The number of carbonyl (C=O) groups is 1. The van der Waals surface area contributed by atoms with Gasteiger partial charge in [-0.15, -0.1) is 0 Å². The minimum Gasteiger partial charge on any atom is -0.497 e. The van der Waals surface area contributed by atoms with Gasteiger partial charge >= 0.3 is 0 Å². The van der Waals surface area contributed by atoms with Gasteiger partial charge in [-0.1, -0.05) is 0 Å². The molecule has 2 rings (SSSR count). The van der Waals surface area contributed by atoms with Crippen LogP contribution in [0, 0.1) is 0 Å². The van der Waals surface area contributed by atoms with Crippen molar-refractivity contribution in [3.05, 3.63) is 40.4 Å². The zero-order valence-corrected chi connectivity index (χ0v) is 16.1. The molecule has 0 saturated heterocycles. The van der Waals surface area contributed by atoms with Crippen LogP contribution in [0.2, 0.25) is 0 Å². The molecule has 0 fully saturated rings. The van der Waals surface area contributed by atoms with Crippen LogP contribution in [0.3, 0.4) is 0 Å². The minimum absolute atomic E-state index is 0.309. The van der Waals surface area contributed by atoms with Crippen LogP contribution in [0.15, 0.2) is 34.8 Å². The lowest BCUT2D eigenvalue weighted by molar-refractivity contribution is 0.102. The predicted molar refractivity (Wildman–Crippen MR) is 99.4 cm³/mol. The van der Waals surface area contributed by atoms with Crippen molar-refractivity contribution in [2.75, 3.05) is 33.3 Å². The second-order valence-corrected chi connectivity index (χ2v) is 5.80. The normalized spacial score (nSPS) is 10.1. The number of rotatable bonds is 7. The maximum Gasteiger partial charge on any atom is 0.255 e. The summed E-state index contributed by atoms with van der Waals surface area (Å²) in [5.74, 6) is 1.86. The molecule has 0 saturated carbocycles. The van der Waals surface area contributed by atoms with Crippen LogP contribution in [-0.2, 0) is 0 Å². The number of hydrogen-bond donors (Lipinski definition) is 1. The Morgan fingerprint density at radius 1 is 1.04 bits per heavy atom. The van der Waals surface area contributed by atoms with Gasteiger partial charge in [0.2, 0.25) is 0 Å². The lowest BCUT2D eigenvalue weighted by Gasteiger charge is -2.15. The molecular weight excluding hydrogens is 390 g/mol. The maximum atomic E-state index is 12.7. The molecule has 6 nitrogen and oxygen atoms in total. The highest BCUT2D eigenvalue weighted by atomic mass is 79.9. The molecule has 0 aliphatic carbocycles. The quantitative estimate of drug-likeness (QED) is 0.744. The van der Waals surface area contributed by atoms with Crippen molar-refractivity contribution in [3.8, 4) is 23.0 Å². The summed E-state index contributed by atoms with van der Waals surface area (Å²) in [6, 6.07) is 8.48. The second-order valence-electron chi connectivity index (χ2n) is 4.94. The Hall–Kier alpha value is -2.41. The summed E-state index contributed by atoms with van der Waals surface area (Å²) >= 11 is 3.40. The third-order valence-corrected chi connectivity index (χ3v) is 4.02. The molecule has 0 aliphatic heterocycles. The number of hydrogen-bond acceptors (Lipinski definition) is 5. The van der Waals surface area contributed by atoms with Gasteiger partial charge in [0.1, 0.15) is 11.5 Å². The first-order valence-corrected chi connectivity index (χ1v) is 8.37. The van der Waals surface area contributed by atoms with E-state index in [1.165, 1.54) is 7.11 Å². The zero-order chi connectivity index (χ0) is 18.4. The molecule has 0 spiro atoms. The summed E-state index contributed by atoms with van der Waals surface area (Å²) in [7, 11) is 4.64. The third kappa shape index (κ3) is 4.36. The van der Waals surface area contributed by atoms with Gasteiger partial charge in [-0.25, -0.2) is 0 Å². The van der Waals surface area contributed by atoms with E-state index < -0.39 is 0 Å². The van der Waals surface area contributed by atoms with Crippen molar-refractivity contribution < 1.29 is 23.7 Å². The number of amides is 1.